The standard InChI is InChI=1S/C10H12N2O3S/c1-3-12-10(13)8-5-4-7(11-2)6-9(8)16(12,14)15/h4-6,11H,3H2,1-2H3. The molecule has 1 aromatic rings. The van der Waals surface area contributed by atoms with Crippen molar-refractivity contribution in [3.8, 4) is 0 Å². The van der Waals surface area contributed by atoms with E-state index in [-0.39, 0.29) is 17.0 Å². The number of fused-ring (bicyclic) bond motifs is 1. The molecule has 0 radical (unpaired) electrons. The average Bonchev–Trinajstić information content (AvgIpc) is 2.46. The predicted molar refractivity (Wildman–Crippen MR) is 59.9 cm³/mol. The SMILES string of the molecule is CCN1C(=O)c2ccc(NC)cc2S1(=O)=O. The van der Waals surface area contributed by atoms with Gasteiger partial charge in [-0.1, -0.05) is 0 Å². The number of hydrogen-bond donors (Lipinski definition) is 1. The number of anilines is 1. The largest absolute Gasteiger partial charge is 0.388 e. The molecular weight excluding hydrogens is 228 g/mol. The topological polar surface area (TPSA) is 66.5 Å². The first-order valence-electron chi connectivity index (χ1n) is 4.91. The molecule has 0 atom stereocenters. The predicted octanol–water partition coefficient (Wildman–Crippen LogP) is 0.893. The van der Waals surface area contributed by atoms with Crippen LogP contribution in [0.5, 0.6) is 0 Å². The van der Waals surface area contributed by atoms with Gasteiger partial charge >= 0.3 is 0 Å². The lowest BCUT2D eigenvalue weighted by Gasteiger charge is -2.11. The number of nitrogens with one attached hydrogen (secondary N) is 1. The molecule has 0 saturated carbocycles. The van der Waals surface area contributed by atoms with Crippen LogP contribution >= 0.6 is 0 Å². The van der Waals surface area contributed by atoms with Gasteiger partial charge in [-0.05, 0) is 25.1 Å². The Kier molecular flexibility index (Phi) is 2.38. The van der Waals surface area contributed by atoms with Crippen molar-refractivity contribution < 1.29 is 13.2 Å². The molecular formula is C10H12N2O3S. The average molecular weight is 240 g/mol. The van der Waals surface area contributed by atoms with E-state index in [1.165, 1.54) is 12.1 Å². The Balaban J connectivity index is 2.68. The number of rotatable bonds is 2. The first-order valence-corrected chi connectivity index (χ1v) is 6.35. The zero-order valence-electron chi connectivity index (χ0n) is 9.02. The summed E-state index contributed by atoms with van der Waals surface area (Å²) >= 11 is 0. The molecule has 0 aromatic heterocycles. The van der Waals surface area contributed by atoms with E-state index in [4.69, 9.17) is 0 Å². The Morgan fingerprint density at radius 2 is 2.06 bits per heavy atom. The van der Waals surface area contributed by atoms with Crippen LogP contribution in [-0.4, -0.2) is 32.2 Å². The summed E-state index contributed by atoms with van der Waals surface area (Å²) in [6.07, 6.45) is 0. The smallest absolute Gasteiger partial charge is 0.268 e. The number of hydrogen-bond acceptors (Lipinski definition) is 4. The summed E-state index contributed by atoms with van der Waals surface area (Å²) < 4.78 is 24.8. The molecule has 6 heteroatoms. The minimum Gasteiger partial charge on any atom is -0.388 e. The summed E-state index contributed by atoms with van der Waals surface area (Å²) in [5, 5.41) is 2.85. The monoisotopic (exact) mass is 240 g/mol. The molecule has 2 rings (SSSR count). The summed E-state index contributed by atoms with van der Waals surface area (Å²) in [4.78, 5) is 11.9. The molecule has 0 spiro atoms. The molecule has 1 amide bonds. The number of nitrogens with zero attached hydrogens (tertiary/aromatic N) is 1. The van der Waals surface area contributed by atoms with Gasteiger partial charge < -0.3 is 5.32 Å². The van der Waals surface area contributed by atoms with Crippen LogP contribution in [-0.2, 0) is 10.0 Å². The minimum atomic E-state index is -3.63. The molecule has 5 nitrogen and oxygen atoms in total. The summed E-state index contributed by atoms with van der Waals surface area (Å²) in [5.74, 6) is -0.444. The van der Waals surface area contributed by atoms with Gasteiger partial charge in [0.1, 0.15) is 4.90 Å². The van der Waals surface area contributed by atoms with E-state index in [1.54, 1.807) is 20.0 Å². The molecule has 1 aliphatic heterocycles. The van der Waals surface area contributed by atoms with Crippen molar-refractivity contribution >= 4 is 21.6 Å². The Morgan fingerprint density at radius 3 is 2.62 bits per heavy atom. The van der Waals surface area contributed by atoms with E-state index in [9.17, 15) is 13.2 Å². The third kappa shape index (κ3) is 1.30. The lowest BCUT2D eigenvalue weighted by molar-refractivity contribution is 0.0876. The maximum atomic E-state index is 12.0. The van der Waals surface area contributed by atoms with Crippen molar-refractivity contribution in [1.29, 1.82) is 0 Å². The molecule has 0 unspecified atom stereocenters. The van der Waals surface area contributed by atoms with Crippen molar-refractivity contribution in [3.63, 3.8) is 0 Å². The molecule has 1 heterocycles. The van der Waals surface area contributed by atoms with E-state index >= 15 is 0 Å². The van der Waals surface area contributed by atoms with E-state index in [1.807, 2.05) is 0 Å². The number of carbonyl (C=O) groups excluding carboxylic acids is 1. The quantitative estimate of drug-likeness (QED) is 0.833. The number of sulfonamides is 1. The first-order chi connectivity index (χ1) is 7.52. The zero-order valence-corrected chi connectivity index (χ0v) is 9.84. The fourth-order valence-electron chi connectivity index (χ4n) is 1.74. The summed E-state index contributed by atoms with van der Waals surface area (Å²) in [5.41, 5.74) is 0.925. The fraction of sp³-hybridized carbons (Fsp3) is 0.300. The maximum Gasteiger partial charge on any atom is 0.268 e. The number of benzene rings is 1. The van der Waals surface area contributed by atoms with Crippen LogP contribution in [0.3, 0.4) is 0 Å². The van der Waals surface area contributed by atoms with Gasteiger partial charge in [0.2, 0.25) is 0 Å². The lowest BCUT2D eigenvalue weighted by atomic mass is 10.2. The van der Waals surface area contributed by atoms with Gasteiger partial charge in [-0.25, -0.2) is 12.7 Å². The lowest BCUT2D eigenvalue weighted by Crippen LogP contribution is -2.29. The van der Waals surface area contributed by atoms with Gasteiger partial charge in [-0.15, -0.1) is 0 Å². The van der Waals surface area contributed by atoms with Crippen molar-refractivity contribution in [2.45, 2.75) is 11.8 Å². The summed E-state index contributed by atoms with van der Waals surface area (Å²) in [6.45, 7) is 1.80. The van der Waals surface area contributed by atoms with Crippen LogP contribution in [0.15, 0.2) is 23.1 Å². The number of amides is 1. The Morgan fingerprint density at radius 1 is 1.38 bits per heavy atom. The third-order valence-electron chi connectivity index (χ3n) is 2.58. The second-order valence-electron chi connectivity index (χ2n) is 3.44. The van der Waals surface area contributed by atoms with E-state index < -0.39 is 15.9 Å². The molecule has 0 fully saturated rings. The van der Waals surface area contributed by atoms with Gasteiger partial charge in [-0.2, -0.15) is 0 Å². The van der Waals surface area contributed by atoms with Gasteiger partial charge in [-0.3, -0.25) is 4.79 Å². The fourth-order valence-corrected chi connectivity index (χ4v) is 3.35. The highest BCUT2D eigenvalue weighted by Gasteiger charge is 2.40. The summed E-state index contributed by atoms with van der Waals surface area (Å²) in [7, 11) is -1.94. The maximum absolute atomic E-state index is 12.0. The highest BCUT2D eigenvalue weighted by Crippen LogP contribution is 2.31. The molecule has 0 aliphatic carbocycles. The third-order valence-corrected chi connectivity index (χ3v) is 4.48. The van der Waals surface area contributed by atoms with Crippen LogP contribution in [0.1, 0.15) is 17.3 Å². The van der Waals surface area contributed by atoms with Crippen LogP contribution in [0.2, 0.25) is 0 Å². The molecule has 0 saturated heterocycles. The highest BCUT2D eigenvalue weighted by molar-refractivity contribution is 7.90. The summed E-state index contributed by atoms with van der Waals surface area (Å²) in [6, 6.07) is 4.71. The second-order valence-corrected chi connectivity index (χ2v) is 5.27. The zero-order chi connectivity index (χ0) is 11.9. The normalized spacial score (nSPS) is 17.4. The van der Waals surface area contributed by atoms with E-state index in [0.29, 0.717) is 5.69 Å². The van der Waals surface area contributed by atoms with Gasteiger partial charge in [0, 0.05) is 19.3 Å². The van der Waals surface area contributed by atoms with Crippen molar-refractivity contribution in [2.75, 3.05) is 18.9 Å². The molecule has 16 heavy (non-hydrogen) atoms. The van der Waals surface area contributed by atoms with Gasteiger partial charge in [0.05, 0.1) is 5.56 Å². The number of carbonyl (C=O) groups is 1. The second kappa shape index (κ2) is 3.48. The van der Waals surface area contributed by atoms with Crippen molar-refractivity contribution in [2.24, 2.45) is 0 Å². The Labute approximate surface area is 94.1 Å². The Bertz CT molecular complexity index is 551. The van der Waals surface area contributed by atoms with Crippen LogP contribution < -0.4 is 5.32 Å². The molecule has 0 bridgehead atoms. The van der Waals surface area contributed by atoms with E-state index in [0.717, 1.165) is 4.31 Å². The van der Waals surface area contributed by atoms with Crippen LogP contribution in [0.4, 0.5) is 5.69 Å². The minimum absolute atomic E-state index is 0.0891. The highest BCUT2D eigenvalue weighted by atomic mass is 32.2. The molecule has 1 aliphatic rings. The van der Waals surface area contributed by atoms with Crippen LogP contribution in [0.25, 0.3) is 0 Å². The van der Waals surface area contributed by atoms with Crippen LogP contribution in [0, 0.1) is 0 Å². The molecule has 1 N–H and O–H groups in total. The molecule has 1 aromatic carbocycles. The molecule has 86 valence electrons. The van der Waals surface area contributed by atoms with Crippen molar-refractivity contribution in [1.82, 2.24) is 4.31 Å². The van der Waals surface area contributed by atoms with E-state index in [2.05, 4.69) is 5.32 Å². The van der Waals surface area contributed by atoms with Crippen molar-refractivity contribution in [3.05, 3.63) is 23.8 Å². The first kappa shape index (κ1) is 10.9. The Hall–Kier alpha value is -1.56. The van der Waals surface area contributed by atoms with Gasteiger partial charge in [0.15, 0.2) is 0 Å². The van der Waals surface area contributed by atoms with Gasteiger partial charge in [0.25, 0.3) is 15.9 Å².